The van der Waals surface area contributed by atoms with Crippen molar-refractivity contribution in [2.45, 2.75) is 32.8 Å². The highest BCUT2D eigenvalue weighted by atomic mass is 19.1. The molecule has 3 amide bonds. The normalized spacial score (nSPS) is 13.2. The number of anilines is 2. The summed E-state index contributed by atoms with van der Waals surface area (Å²) in [5, 5.41) is 5.74. The highest BCUT2D eigenvalue weighted by Crippen LogP contribution is 2.26. The van der Waals surface area contributed by atoms with Gasteiger partial charge in [-0.1, -0.05) is 17.9 Å². The van der Waals surface area contributed by atoms with E-state index in [4.69, 9.17) is 4.74 Å². The topological polar surface area (TPSA) is 86.8 Å². The molecule has 2 heterocycles. The zero-order chi connectivity index (χ0) is 28.5. The molecular weight excluding hydrogens is 509 g/mol. The zero-order valence-corrected chi connectivity index (χ0v) is 23.0. The van der Waals surface area contributed by atoms with Gasteiger partial charge in [0.15, 0.2) is 0 Å². The van der Waals surface area contributed by atoms with Crippen molar-refractivity contribution in [1.29, 1.82) is 0 Å². The Morgan fingerprint density at radius 1 is 1.02 bits per heavy atom. The van der Waals surface area contributed by atoms with Crippen molar-refractivity contribution in [3.8, 4) is 11.8 Å². The minimum Gasteiger partial charge on any atom is -0.444 e. The van der Waals surface area contributed by atoms with Gasteiger partial charge in [0.05, 0.1) is 11.3 Å². The van der Waals surface area contributed by atoms with Crippen LogP contribution < -0.4 is 15.5 Å². The standard InChI is InChI=1S/C31H34FN5O3/c1-31(2,3)40-30(39)37-19-17-36(18-20-37)28-13-12-27(21-25(28)9-6-23-7-10-26(32)11-8-23)35-29(38)34-16-14-24-5-4-15-33-22-24/h4-5,7-8,10-13,15,21-22H,14,16-20H2,1-3H3,(H2,34,35,38). The molecule has 1 aromatic heterocycles. The fourth-order valence-electron chi connectivity index (χ4n) is 4.16. The molecule has 0 bridgehead atoms. The molecule has 0 unspecified atom stereocenters. The summed E-state index contributed by atoms with van der Waals surface area (Å²) in [5.41, 5.74) is 3.36. The molecule has 4 rings (SSSR count). The van der Waals surface area contributed by atoms with E-state index in [1.54, 1.807) is 29.4 Å². The highest BCUT2D eigenvalue weighted by molar-refractivity contribution is 5.90. The number of carbonyl (C=O) groups excluding carboxylic acids is 2. The van der Waals surface area contributed by atoms with Crippen LogP contribution in [0.3, 0.4) is 0 Å². The first kappa shape index (κ1) is 28.4. The molecule has 0 aliphatic carbocycles. The summed E-state index contributed by atoms with van der Waals surface area (Å²) < 4.78 is 18.9. The Bertz CT molecular complexity index is 1370. The molecule has 1 fully saturated rings. The second-order valence-electron chi connectivity index (χ2n) is 10.4. The van der Waals surface area contributed by atoms with Crippen molar-refractivity contribution in [2.75, 3.05) is 42.9 Å². The molecule has 2 N–H and O–H groups in total. The molecular formula is C31H34FN5O3. The van der Waals surface area contributed by atoms with E-state index in [9.17, 15) is 14.0 Å². The van der Waals surface area contributed by atoms with Crippen molar-refractivity contribution in [3.63, 3.8) is 0 Å². The number of rotatable bonds is 5. The van der Waals surface area contributed by atoms with Gasteiger partial charge in [-0.05, 0) is 81.3 Å². The van der Waals surface area contributed by atoms with Gasteiger partial charge in [0.2, 0.25) is 0 Å². The summed E-state index contributed by atoms with van der Waals surface area (Å²) in [5.74, 6) is 5.96. The van der Waals surface area contributed by atoms with E-state index in [2.05, 4.69) is 32.4 Å². The number of aromatic nitrogens is 1. The number of piperazine rings is 1. The smallest absolute Gasteiger partial charge is 0.410 e. The van der Waals surface area contributed by atoms with Crippen LogP contribution in [0.25, 0.3) is 0 Å². The van der Waals surface area contributed by atoms with E-state index in [1.807, 2.05) is 51.1 Å². The maximum absolute atomic E-state index is 13.4. The van der Waals surface area contributed by atoms with Crippen LogP contribution in [0.1, 0.15) is 37.5 Å². The Balaban J connectivity index is 1.46. The Labute approximate surface area is 234 Å². The van der Waals surface area contributed by atoms with E-state index >= 15 is 0 Å². The first-order valence-corrected chi connectivity index (χ1v) is 13.2. The number of amides is 3. The maximum atomic E-state index is 13.4. The monoisotopic (exact) mass is 543 g/mol. The Kier molecular flexibility index (Phi) is 9.23. The number of pyridine rings is 1. The largest absolute Gasteiger partial charge is 0.444 e. The van der Waals surface area contributed by atoms with Gasteiger partial charge in [0, 0.05) is 56.4 Å². The minimum atomic E-state index is -0.550. The van der Waals surface area contributed by atoms with Crippen LogP contribution in [0.4, 0.5) is 25.4 Å². The molecule has 2 aromatic carbocycles. The molecule has 1 aliphatic rings. The molecule has 1 aliphatic heterocycles. The van der Waals surface area contributed by atoms with Gasteiger partial charge in [-0.2, -0.15) is 0 Å². The number of benzene rings is 2. The van der Waals surface area contributed by atoms with Crippen molar-refractivity contribution < 1.29 is 18.7 Å². The van der Waals surface area contributed by atoms with E-state index in [1.165, 1.54) is 12.1 Å². The second-order valence-corrected chi connectivity index (χ2v) is 10.4. The Hall–Kier alpha value is -4.58. The van der Waals surface area contributed by atoms with Crippen LogP contribution in [0.2, 0.25) is 0 Å². The van der Waals surface area contributed by atoms with Crippen molar-refractivity contribution >= 4 is 23.5 Å². The molecule has 9 heteroatoms. The fraction of sp³-hybridized carbons (Fsp3) is 0.323. The summed E-state index contributed by atoms with van der Waals surface area (Å²) in [6, 6.07) is 15.1. The molecule has 0 atom stereocenters. The molecule has 0 spiro atoms. The number of carbonyl (C=O) groups is 2. The van der Waals surface area contributed by atoms with Gasteiger partial charge in [0.25, 0.3) is 0 Å². The van der Waals surface area contributed by atoms with Crippen LogP contribution in [0.5, 0.6) is 0 Å². The van der Waals surface area contributed by atoms with Gasteiger partial charge in [0.1, 0.15) is 11.4 Å². The number of halogens is 1. The van der Waals surface area contributed by atoms with E-state index in [-0.39, 0.29) is 17.9 Å². The van der Waals surface area contributed by atoms with Gasteiger partial charge in [-0.15, -0.1) is 0 Å². The summed E-state index contributed by atoms with van der Waals surface area (Å²) in [4.78, 5) is 33.0. The number of nitrogens with one attached hydrogen (secondary N) is 2. The number of urea groups is 1. The minimum absolute atomic E-state index is 0.319. The summed E-state index contributed by atoms with van der Waals surface area (Å²) >= 11 is 0. The first-order chi connectivity index (χ1) is 19.2. The lowest BCUT2D eigenvalue weighted by atomic mass is 10.1. The molecule has 40 heavy (non-hydrogen) atoms. The van der Waals surface area contributed by atoms with Crippen molar-refractivity contribution in [2.24, 2.45) is 0 Å². The molecule has 208 valence electrons. The van der Waals surface area contributed by atoms with Gasteiger partial charge in [-0.25, -0.2) is 14.0 Å². The third-order valence-corrected chi connectivity index (χ3v) is 6.13. The number of ether oxygens (including phenoxy) is 1. The lowest BCUT2D eigenvalue weighted by Crippen LogP contribution is -2.50. The average Bonchev–Trinajstić information content (AvgIpc) is 2.93. The number of nitrogens with zero attached hydrogens (tertiary/aromatic N) is 3. The average molecular weight is 544 g/mol. The molecule has 8 nitrogen and oxygen atoms in total. The quantitative estimate of drug-likeness (QED) is 0.441. The zero-order valence-electron chi connectivity index (χ0n) is 23.0. The second kappa shape index (κ2) is 13.0. The van der Waals surface area contributed by atoms with E-state index in [0.717, 1.165) is 11.3 Å². The van der Waals surface area contributed by atoms with Crippen LogP contribution in [-0.4, -0.2) is 60.3 Å². The Morgan fingerprint density at radius 2 is 1.77 bits per heavy atom. The molecule has 3 aromatic rings. The summed E-state index contributed by atoms with van der Waals surface area (Å²) in [7, 11) is 0. The lowest BCUT2D eigenvalue weighted by molar-refractivity contribution is 0.0240. The third-order valence-electron chi connectivity index (χ3n) is 6.13. The highest BCUT2D eigenvalue weighted by Gasteiger charge is 2.26. The predicted octanol–water partition coefficient (Wildman–Crippen LogP) is 5.04. The van der Waals surface area contributed by atoms with E-state index in [0.29, 0.717) is 56.0 Å². The van der Waals surface area contributed by atoms with Gasteiger partial charge >= 0.3 is 12.1 Å². The molecule has 0 saturated carbocycles. The third kappa shape index (κ3) is 8.46. The van der Waals surface area contributed by atoms with Crippen LogP contribution >= 0.6 is 0 Å². The summed E-state index contributed by atoms with van der Waals surface area (Å²) in [6.07, 6.45) is 3.84. The van der Waals surface area contributed by atoms with Crippen LogP contribution in [0.15, 0.2) is 67.0 Å². The van der Waals surface area contributed by atoms with Crippen LogP contribution in [-0.2, 0) is 11.2 Å². The van der Waals surface area contributed by atoms with Gasteiger partial charge in [-0.3, -0.25) is 4.98 Å². The first-order valence-electron chi connectivity index (χ1n) is 13.2. The van der Waals surface area contributed by atoms with E-state index < -0.39 is 5.60 Å². The SMILES string of the molecule is CC(C)(C)OC(=O)N1CCN(c2ccc(NC(=O)NCCc3cccnc3)cc2C#Cc2ccc(F)cc2)CC1. The predicted molar refractivity (Wildman–Crippen MR) is 154 cm³/mol. The van der Waals surface area contributed by atoms with Crippen molar-refractivity contribution in [3.05, 3.63) is 89.5 Å². The fourth-order valence-corrected chi connectivity index (χ4v) is 4.16. The molecule has 1 saturated heterocycles. The van der Waals surface area contributed by atoms with Crippen LogP contribution in [0, 0.1) is 17.7 Å². The van der Waals surface area contributed by atoms with Gasteiger partial charge < -0.3 is 25.2 Å². The Morgan fingerprint density at radius 3 is 2.45 bits per heavy atom. The number of hydrogen-bond donors (Lipinski definition) is 2. The lowest BCUT2D eigenvalue weighted by Gasteiger charge is -2.37. The van der Waals surface area contributed by atoms with Crippen molar-refractivity contribution in [1.82, 2.24) is 15.2 Å². The molecule has 0 radical (unpaired) electrons. The maximum Gasteiger partial charge on any atom is 0.410 e. The summed E-state index contributed by atoms with van der Waals surface area (Å²) in [6.45, 7) is 8.25. The number of hydrogen-bond acceptors (Lipinski definition) is 5.